The van der Waals surface area contributed by atoms with Gasteiger partial charge in [-0.15, -0.1) is 0 Å². The number of anilines is 1. The number of hydrogen-bond donors (Lipinski definition) is 0. The highest BCUT2D eigenvalue weighted by molar-refractivity contribution is 6.37. The molecule has 2 aliphatic heterocycles. The fourth-order valence-electron chi connectivity index (χ4n) is 5.52. The Hall–Kier alpha value is -3.81. The van der Waals surface area contributed by atoms with Crippen LogP contribution in [0.1, 0.15) is 32.4 Å². The van der Waals surface area contributed by atoms with E-state index in [1.807, 2.05) is 0 Å². The molecule has 0 N–H and O–H groups in total. The van der Waals surface area contributed by atoms with Crippen LogP contribution >= 0.6 is 11.6 Å². The minimum Gasteiger partial charge on any atom is -0.495 e. The van der Waals surface area contributed by atoms with Crippen LogP contribution in [0, 0.1) is 11.8 Å². The van der Waals surface area contributed by atoms with Crippen molar-refractivity contribution in [2.24, 2.45) is 11.8 Å². The van der Waals surface area contributed by atoms with Gasteiger partial charge in [-0.1, -0.05) is 60.1 Å². The number of amides is 2. The summed E-state index contributed by atoms with van der Waals surface area (Å²) in [6.45, 7) is 0. The molecule has 35 heavy (non-hydrogen) atoms. The number of nitrogens with zero attached hydrogens (tertiary/aromatic N) is 1. The molecule has 0 radical (unpaired) electrons. The standard InChI is InChI=1S/C27H18ClNO6/c1-34-19-9-5-4-8-18(19)29-25(32)20-21(26(29)33)27(35-22(20)14-10-12-15(28)13-11-14)23(30)16-6-2-3-7-17(16)24(27)31/h2-13,20-22H,1H3/t20-,21-,22+/m0/s1. The second-order valence-electron chi connectivity index (χ2n) is 8.72. The van der Waals surface area contributed by atoms with Gasteiger partial charge in [-0.2, -0.15) is 0 Å². The van der Waals surface area contributed by atoms with Gasteiger partial charge in [0.2, 0.25) is 29.0 Å². The largest absolute Gasteiger partial charge is 0.495 e. The summed E-state index contributed by atoms with van der Waals surface area (Å²) in [5.74, 6) is -4.53. The summed E-state index contributed by atoms with van der Waals surface area (Å²) >= 11 is 6.05. The fraction of sp³-hybridized carbons (Fsp3) is 0.185. The number of carbonyl (C=O) groups is 4. The molecule has 3 aromatic carbocycles. The molecule has 174 valence electrons. The van der Waals surface area contributed by atoms with Gasteiger partial charge in [0.1, 0.15) is 5.75 Å². The molecule has 2 saturated heterocycles. The average molecular weight is 488 g/mol. The number of carbonyl (C=O) groups excluding carboxylic acids is 4. The third kappa shape index (κ3) is 2.76. The Bertz CT molecular complexity index is 1400. The molecule has 2 amide bonds. The number of Topliss-reactive ketones (excluding diaryl/α,β-unsaturated/α-hetero) is 2. The zero-order valence-corrected chi connectivity index (χ0v) is 19.2. The highest BCUT2D eigenvalue weighted by Gasteiger charge is 2.74. The number of imide groups is 1. The van der Waals surface area contributed by atoms with Crippen molar-refractivity contribution in [3.8, 4) is 5.75 Å². The minimum absolute atomic E-state index is 0.184. The number of halogens is 1. The highest BCUT2D eigenvalue weighted by atomic mass is 35.5. The molecule has 0 unspecified atom stereocenters. The van der Waals surface area contributed by atoms with Crippen molar-refractivity contribution < 1.29 is 28.7 Å². The van der Waals surface area contributed by atoms with Crippen LogP contribution in [-0.4, -0.2) is 36.1 Å². The summed E-state index contributed by atoms with van der Waals surface area (Å²) in [6.07, 6.45) is -1.00. The second kappa shape index (κ2) is 7.60. The van der Waals surface area contributed by atoms with E-state index in [9.17, 15) is 19.2 Å². The number of para-hydroxylation sites is 2. The molecule has 2 fully saturated rings. The number of methoxy groups -OCH3 is 1. The molecule has 1 spiro atoms. The Morgan fingerprint density at radius 3 is 2.06 bits per heavy atom. The van der Waals surface area contributed by atoms with E-state index in [-0.39, 0.29) is 16.8 Å². The maximum Gasteiger partial charge on any atom is 0.241 e. The molecule has 0 bridgehead atoms. The highest BCUT2D eigenvalue weighted by Crippen LogP contribution is 2.58. The van der Waals surface area contributed by atoms with E-state index < -0.39 is 46.9 Å². The SMILES string of the molecule is COc1ccccc1N1C(=O)[C@@H]2[C@@H](c3ccc(Cl)cc3)OC3(C(=O)c4ccccc4C3=O)[C@@H]2C1=O. The van der Waals surface area contributed by atoms with Gasteiger partial charge in [-0.05, 0) is 29.8 Å². The third-order valence-corrected chi connectivity index (χ3v) is 7.30. The van der Waals surface area contributed by atoms with Gasteiger partial charge in [0.15, 0.2) is 0 Å². The molecule has 0 saturated carbocycles. The van der Waals surface area contributed by atoms with Crippen LogP contribution in [0.4, 0.5) is 5.69 Å². The molecule has 8 heteroatoms. The lowest BCUT2D eigenvalue weighted by atomic mass is 9.77. The number of hydrogen-bond acceptors (Lipinski definition) is 6. The minimum atomic E-state index is -2.12. The van der Waals surface area contributed by atoms with Crippen LogP contribution in [0.25, 0.3) is 0 Å². The van der Waals surface area contributed by atoms with Crippen molar-refractivity contribution in [2.45, 2.75) is 11.7 Å². The van der Waals surface area contributed by atoms with E-state index in [0.29, 0.717) is 16.3 Å². The number of ketones is 2. The van der Waals surface area contributed by atoms with Crippen molar-refractivity contribution in [3.63, 3.8) is 0 Å². The lowest BCUT2D eigenvalue weighted by molar-refractivity contribution is -0.127. The van der Waals surface area contributed by atoms with Gasteiger partial charge in [0.05, 0.1) is 30.7 Å². The lowest BCUT2D eigenvalue weighted by Crippen LogP contribution is -2.51. The number of rotatable bonds is 3. The van der Waals surface area contributed by atoms with Crippen LogP contribution in [0.3, 0.4) is 0 Å². The van der Waals surface area contributed by atoms with Crippen LogP contribution in [-0.2, 0) is 14.3 Å². The summed E-state index contributed by atoms with van der Waals surface area (Å²) in [7, 11) is 1.44. The Labute approximate surface area is 205 Å². The fourth-order valence-corrected chi connectivity index (χ4v) is 5.65. The van der Waals surface area contributed by atoms with Gasteiger partial charge in [-0.25, -0.2) is 4.90 Å². The predicted molar refractivity (Wildman–Crippen MR) is 126 cm³/mol. The predicted octanol–water partition coefficient (Wildman–Crippen LogP) is 4.04. The summed E-state index contributed by atoms with van der Waals surface area (Å²) in [5, 5.41) is 0.475. The first-order chi connectivity index (χ1) is 16.9. The monoisotopic (exact) mass is 487 g/mol. The molecule has 3 atom stereocenters. The third-order valence-electron chi connectivity index (χ3n) is 7.04. The summed E-state index contributed by atoms with van der Waals surface area (Å²) in [5.41, 5.74) is -0.962. The molecule has 6 rings (SSSR count). The molecule has 3 aromatic rings. The van der Waals surface area contributed by atoms with Crippen molar-refractivity contribution in [1.82, 2.24) is 0 Å². The molecule has 0 aromatic heterocycles. The molecule has 3 aliphatic rings. The maximum absolute atomic E-state index is 13.9. The first-order valence-corrected chi connectivity index (χ1v) is 11.4. The number of ether oxygens (including phenoxy) is 2. The van der Waals surface area contributed by atoms with Crippen LogP contribution in [0.2, 0.25) is 5.02 Å². The normalized spacial score (nSPS) is 24.3. The van der Waals surface area contributed by atoms with E-state index in [4.69, 9.17) is 21.1 Å². The van der Waals surface area contributed by atoms with Crippen molar-refractivity contribution in [1.29, 1.82) is 0 Å². The Balaban J connectivity index is 1.55. The van der Waals surface area contributed by atoms with E-state index >= 15 is 0 Å². The average Bonchev–Trinajstić information content (AvgIpc) is 3.44. The lowest BCUT2D eigenvalue weighted by Gasteiger charge is -2.27. The first kappa shape index (κ1) is 21.7. The van der Waals surface area contributed by atoms with E-state index in [0.717, 1.165) is 4.90 Å². The van der Waals surface area contributed by atoms with E-state index in [1.54, 1.807) is 60.7 Å². The molecular formula is C27H18ClNO6. The molecular weight excluding hydrogens is 470 g/mol. The summed E-state index contributed by atoms with van der Waals surface area (Å²) < 4.78 is 11.6. The van der Waals surface area contributed by atoms with Crippen molar-refractivity contribution in [3.05, 3.63) is 94.5 Å². The van der Waals surface area contributed by atoms with E-state index in [2.05, 4.69) is 0 Å². The first-order valence-electron chi connectivity index (χ1n) is 11.0. The number of fused-ring (bicyclic) bond motifs is 3. The van der Waals surface area contributed by atoms with Gasteiger partial charge in [0.25, 0.3) is 0 Å². The summed E-state index contributed by atoms with van der Waals surface area (Å²) in [4.78, 5) is 56.3. The molecule has 2 heterocycles. The van der Waals surface area contributed by atoms with Gasteiger partial charge >= 0.3 is 0 Å². The van der Waals surface area contributed by atoms with Gasteiger partial charge < -0.3 is 9.47 Å². The molecule has 1 aliphatic carbocycles. The summed E-state index contributed by atoms with van der Waals surface area (Å²) in [6, 6.07) is 19.6. The van der Waals surface area contributed by atoms with E-state index in [1.165, 1.54) is 19.2 Å². The Kier molecular flexibility index (Phi) is 4.71. The zero-order valence-electron chi connectivity index (χ0n) is 18.4. The van der Waals surface area contributed by atoms with Crippen molar-refractivity contribution in [2.75, 3.05) is 12.0 Å². The number of benzene rings is 3. The van der Waals surface area contributed by atoms with Crippen LogP contribution < -0.4 is 9.64 Å². The quantitative estimate of drug-likeness (QED) is 0.409. The van der Waals surface area contributed by atoms with Crippen LogP contribution in [0.5, 0.6) is 5.75 Å². The smallest absolute Gasteiger partial charge is 0.241 e. The molecule has 7 nitrogen and oxygen atoms in total. The van der Waals surface area contributed by atoms with Crippen molar-refractivity contribution >= 4 is 40.7 Å². The maximum atomic E-state index is 13.9. The van der Waals surface area contributed by atoms with Gasteiger partial charge in [0, 0.05) is 16.1 Å². The topological polar surface area (TPSA) is 90.0 Å². The van der Waals surface area contributed by atoms with Gasteiger partial charge in [-0.3, -0.25) is 19.2 Å². The Morgan fingerprint density at radius 2 is 1.43 bits per heavy atom. The Morgan fingerprint density at radius 1 is 0.829 bits per heavy atom. The second-order valence-corrected chi connectivity index (χ2v) is 9.15. The van der Waals surface area contributed by atoms with Crippen LogP contribution in [0.15, 0.2) is 72.8 Å². The zero-order chi connectivity index (χ0) is 24.5.